The number of halogens is 1. The van der Waals surface area contributed by atoms with E-state index < -0.39 is 33.2 Å². The number of carbonyl (C=O) groups is 3. The third kappa shape index (κ3) is 7.11. The SMILES string of the molecule is COC(=O)C1CCN(C(=O)[C@@H]2CCC=C[C@H](O)[C@@H]3CC[C@H]3CN3C[C@@]4(CCCc5cc(Cl)ccc54)COc4ccc(cc43)C(=O)NS2(=O)=O)CC1. The van der Waals surface area contributed by atoms with E-state index in [1.165, 1.54) is 23.1 Å². The second-order valence-corrected chi connectivity index (χ2v) is 17.2. The fraction of sp³-hybridized carbons (Fsp3) is 0.553. The van der Waals surface area contributed by atoms with Crippen molar-refractivity contribution in [2.24, 2.45) is 17.8 Å². The van der Waals surface area contributed by atoms with Gasteiger partial charge in [0.25, 0.3) is 5.91 Å². The van der Waals surface area contributed by atoms with Crippen LogP contribution in [0.2, 0.25) is 5.02 Å². The van der Waals surface area contributed by atoms with Crippen LogP contribution in [0.4, 0.5) is 5.69 Å². The van der Waals surface area contributed by atoms with E-state index in [0.717, 1.165) is 32.1 Å². The van der Waals surface area contributed by atoms with Crippen molar-refractivity contribution in [1.29, 1.82) is 0 Å². The Labute approximate surface area is 304 Å². The van der Waals surface area contributed by atoms with Crippen LogP contribution in [0, 0.1) is 17.8 Å². The smallest absolute Gasteiger partial charge is 0.308 e. The fourth-order valence-corrected chi connectivity index (χ4v) is 10.4. The van der Waals surface area contributed by atoms with Gasteiger partial charge in [-0.2, -0.15) is 0 Å². The summed E-state index contributed by atoms with van der Waals surface area (Å²) in [6, 6.07) is 11.0. The molecule has 5 aliphatic rings. The Kier molecular flexibility index (Phi) is 10.1. The lowest BCUT2D eigenvalue weighted by atomic mass is 9.68. The number of aliphatic hydroxyl groups is 1. The molecule has 2 aromatic rings. The first-order valence-electron chi connectivity index (χ1n) is 18.1. The molecule has 2 aromatic carbocycles. The molecular formula is C38H46ClN3O8S. The van der Waals surface area contributed by atoms with Gasteiger partial charge in [-0.25, -0.2) is 13.1 Å². The monoisotopic (exact) mass is 739 g/mol. The summed E-state index contributed by atoms with van der Waals surface area (Å²) in [4.78, 5) is 43.3. The molecule has 7 rings (SSSR count). The van der Waals surface area contributed by atoms with Crippen molar-refractivity contribution in [2.75, 3.05) is 44.8 Å². The number of likely N-dealkylation sites (tertiary alicyclic amines) is 1. The number of methoxy groups -OCH3 is 1. The second kappa shape index (κ2) is 14.4. The molecule has 11 nitrogen and oxygen atoms in total. The van der Waals surface area contributed by atoms with Gasteiger partial charge in [0.15, 0.2) is 5.25 Å². The average molecular weight is 740 g/mol. The number of benzene rings is 2. The van der Waals surface area contributed by atoms with Crippen LogP contribution in [0.1, 0.15) is 72.9 Å². The number of sulfonamides is 1. The first kappa shape index (κ1) is 35.8. The van der Waals surface area contributed by atoms with Gasteiger partial charge >= 0.3 is 5.97 Å². The number of piperidine rings is 1. The summed E-state index contributed by atoms with van der Waals surface area (Å²) in [7, 11) is -3.17. The standard InChI is InChI=1S/C38H46ClN3O8S/c1-49-37(46)24-14-17-41(18-15-24)36(45)34-7-3-2-6-32(43)29-11-8-27(29)21-42-22-38(16-4-5-25-19-28(39)10-12-30(25)38)23-50-33-13-9-26(20-31(33)42)35(44)40-51(34,47)48/h2,6,9-10,12-13,19-20,24,27,29,32,34,43H,3-5,7-8,11,14-18,21-23H2,1H3,(H,40,44)/t27-,29+,32-,34-,38-/m0/s1. The van der Waals surface area contributed by atoms with Gasteiger partial charge in [-0.05, 0) is 111 Å². The van der Waals surface area contributed by atoms with Crippen LogP contribution < -0.4 is 14.4 Å². The Bertz CT molecular complexity index is 1830. The Hall–Kier alpha value is -3.61. The van der Waals surface area contributed by atoms with Gasteiger partial charge in [0, 0.05) is 42.2 Å². The van der Waals surface area contributed by atoms with Gasteiger partial charge in [0.05, 0.1) is 31.4 Å². The van der Waals surface area contributed by atoms with E-state index >= 15 is 0 Å². The van der Waals surface area contributed by atoms with E-state index in [9.17, 15) is 27.9 Å². The van der Waals surface area contributed by atoms with Crippen LogP contribution in [0.15, 0.2) is 48.6 Å². The predicted octanol–water partition coefficient (Wildman–Crippen LogP) is 4.39. The highest BCUT2D eigenvalue weighted by atomic mass is 35.5. The maximum absolute atomic E-state index is 13.9. The Balaban J connectivity index is 1.21. The number of hydrogen-bond donors (Lipinski definition) is 2. The minimum atomic E-state index is -4.49. The Morgan fingerprint density at radius 3 is 2.63 bits per heavy atom. The number of carbonyl (C=O) groups excluding carboxylic acids is 3. The first-order valence-corrected chi connectivity index (χ1v) is 20.0. The molecule has 2 aliphatic carbocycles. The van der Waals surface area contributed by atoms with Gasteiger partial charge in [-0.15, -0.1) is 0 Å². The van der Waals surface area contributed by atoms with E-state index in [1.807, 2.05) is 12.1 Å². The van der Waals surface area contributed by atoms with Gasteiger partial charge in [0.2, 0.25) is 15.9 Å². The fourth-order valence-electron chi connectivity index (χ4n) is 8.81. The lowest BCUT2D eigenvalue weighted by Gasteiger charge is -2.45. The van der Waals surface area contributed by atoms with E-state index in [-0.39, 0.29) is 60.6 Å². The number of allylic oxidation sites excluding steroid dienone is 1. The molecule has 274 valence electrons. The van der Waals surface area contributed by atoms with Crippen molar-refractivity contribution in [3.8, 4) is 5.75 Å². The molecule has 2 bridgehead atoms. The molecule has 0 radical (unpaired) electrons. The van der Waals surface area contributed by atoms with Crippen LogP contribution in [0.25, 0.3) is 0 Å². The molecule has 2 N–H and O–H groups in total. The number of ether oxygens (including phenoxy) is 2. The number of esters is 1. The first-order chi connectivity index (χ1) is 24.5. The number of aliphatic hydroxyl groups excluding tert-OH is 1. The predicted molar refractivity (Wildman–Crippen MR) is 192 cm³/mol. The van der Waals surface area contributed by atoms with E-state index in [2.05, 4.69) is 15.7 Å². The molecule has 5 atom stereocenters. The third-order valence-corrected chi connectivity index (χ3v) is 13.7. The van der Waals surface area contributed by atoms with E-state index in [1.54, 1.807) is 30.4 Å². The molecule has 1 saturated heterocycles. The Morgan fingerprint density at radius 2 is 1.88 bits per heavy atom. The molecule has 2 amide bonds. The van der Waals surface area contributed by atoms with Gasteiger partial charge in [-0.1, -0.05) is 29.8 Å². The van der Waals surface area contributed by atoms with Crippen molar-refractivity contribution in [3.63, 3.8) is 0 Å². The lowest BCUT2D eigenvalue weighted by molar-refractivity contribution is -0.148. The zero-order valence-corrected chi connectivity index (χ0v) is 30.5. The highest BCUT2D eigenvalue weighted by molar-refractivity contribution is 7.91. The van der Waals surface area contributed by atoms with Crippen molar-refractivity contribution < 1.29 is 37.4 Å². The lowest BCUT2D eigenvalue weighted by Crippen LogP contribution is -2.51. The molecule has 0 unspecified atom stereocenters. The summed E-state index contributed by atoms with van der Waals surface area (Å²) in [5, 5.41) is 10.5. The molecule has 0 aromatic heterocycles. The summed E-state index contributed by atoms with van der Waals surface area (Å²) in [5.74, 6) is -1.34. The number of rotatable bonds is 2. The normalized spacial score (nSPS) is 29.4. The number of hydrogen-bond acceptors (Lipinski definition) is 9. The number of anilines is 1. The quantitative estimate of drug-likeness (QED) is 0.339. The van der Waals surface area contributed by atoms with Crippen molar-refractivity contribution >= 4 is 45.1 Å². The average Bonchev–Trinajstić information content (AvgIpc) is 3.25. The van der Waals surface area contributed by atoms with Crippen LogP contribution in [-0.4, -0.2) is 87.5 Å². The summed E-state index contributed by atoms with van der Waals surface area (Å²) in [5.41, 5.74) is 2.92. The van der Waals surface area contributed by atoms with Gasteiger partial charge in [-0.3, -0.25) is 14.4 Å². The summed E-state index contributed by atoms with van der Waals surface area (Å²) in [6.45, 7) is 2.11. The van der Waals surface area contributed by atoms with Crippen molar-refractivity contribution in [2.45, 2.75) is 74.6 Å². The van der Waals surface area contributed by atoms with Gasteiger partial charge < -0.3 is 24.4 Å². The third-order valence-electron chi connectivity index (χ3n) is 11.8. The number of fused-ring (bicyclic) bond motifs is 4. The number of nitrogens with zero attached hydrogens (tertiary/aromatic N) is 2. The van der Waals surface area contributed by atoms with Crippen molar-refractivity contribution in [1.82, 2.24) is 9.62 Å². The molecule has 3 aliphatic heterocycles. The molecular weight excluding hydrogens is 694 g/mol. The zero-order valence-electron chi connectivity index (χ0n) is 28.9. The number of nitrogens with one attached hydrogen (secondary N) is 1. The Morgan fingerprint density at radius 1 is 1.08 bits per heavy atom. The molecule has 3 heterocycles. The maximum Gasteiger partial charge on any atom is 0.308 e. The maximum atomic E-state index is 13.9. The van der Waals surface area contributed by atoms with Crippen LogP contribution >= 0.6 is 11.6 Å². The second-order valence-electron chi connectivity index (χ2n) is 14.9. The largest absolute Gasteiger partial charge is 0.490 e. The highest BCUT2D eigenvalue weighted by Crippen LogP contribution is 2.47. The molecule has 2 fully saturated rings. The minimum absolute atomic E-state index is 0.0129. The topological polar surface area (TPSA) is 143 Å². The zero-order chi connectivity index (χ0) is 35.9. The number of amides is 2. The van der Waals surface area contributed by atoms with Crippen LogP contribution in [0.5, 0.6) is 5.75 Å². The molecule has 1 spiro atoms. The highest BCUT2D eigenvalue weighted by Gasteiger charge is 2.45. The molecule has 13 heteroatoms. The summed E-state index contributed by atoms with van der Waals surface area (Å²) >= 11 is 6.41. The van der Waals surface area contributed by atoms with E-state index in [0.29, 0.717) is 49.0 Å². The number of aryl methyl sites for hydroxylation is 1. The van der Waals surface area contributed by atoms with Gasteiger partial charge in [0.1, 0.15) is 5.75 Å². The van der Waals surface area contributed by atoms with Crippen LogP contribution in [0.3, 0.4) is 0 Å². The van der Waals surface area contributed by atoms with Crippen LogP contribution in [-0.2, 0) is 36.2 Å². The van der Waals surface area contributed by atoms with E-state index in [4.69, 9.17) is 21.1 Å². The summed E-state index contributed by atoms with van der Waals surface area (Å²) in [6.07, 6.45) is 8.23. The summed E-state index contributed by atoms with van der Waals surface area (Å²) < 4.78 is 41.4. The molecule has 51 heavy (non-hydrogen) atoms. The molecule has 1 saturated carbocycles. The van der Waals surface area contributed by atoms with Crippen molar-refractivity contribution in [3.05, 3.63) is 70.3 Å². The minimum Gasteiger partial charge on any atom is -0.490 e.